The zero-order chi connectivity index (χ0) is 41.4. The van der Waals surface area contributed by atoms with Crippen molar-refractivity contribution in [1.29, 1.82) is 0 Å². The van der Waals surface area contributed by atoms with Crippen LogP contribution in [0.4, 0.5) is 9.18 Å². The number of allylic oxidation sites excluding steroid dienone is 1. The second-order valence-corrected chi connectivity index (χ2v) is 16.1. The van der Waals surface area contributed by atoms with Gasteiger partial charge in [-0.2, -0.15) is 0 Å². The highest BCUT2D eigenvalue weighted by Crippen LogP contribution is 2.62. The Bertz CT molecular complexity index is 1990. The number of hydrogen-bond acceptors (Lipinski definition) is 9. The molecule has 0 unspecified atom stereocenters. The molecule has 1 aliphatic heterocycles. The van der Waals surface area contributed by atoms with Crippen molar-refractivity contribution in [1.82, 2.24) is 10.2 Å². The fourth-order valence-corrected chi connectivity index (χ4v) is 9.43. The number of carbonyl (C=O) groups is 2. The molecule has 0 aromatic heterocycles. The summed E-state index contributed by atoms with van der Waals surface area (Å²) in [7, 11) is 1.51. The van der Waals surface area contributed by atoms with Crippen LogP contribution in [0.2, 0.25) is 0 Å². The van der Waals surface area contributed by atoms with E-state index in [1.807, 2.05) is 47.4 Å². The van der Waals surface area contributed by atoms with E-state index in [4.69, 9.17) is 19.0 Å². The van der Waals surface area contributed by atoms with Gasteiger partial charge < -0.3 is 39.5 Å². The molecule has 1 heterocycles. The number of nitrogens with one attached hydrogen (secondary N) is 1. The predicted molar refractivity (Wildman–Crippen MR) is 221 cm³/mol. The first-order valence-corrected chi connectivity index (χ1v) is 21.0. The van der Waals surface area contributed by atoms with Gasteiger partial charge in [0.15, 0.2) is 0 Å². The number of benzene rings is 3. The highest BCUT2D eigenvalue weighted by atomic mass is 19.1. The summed E-state index contributed by atoms with van der Waals surface area (Å²) in [5.74, 6) is -1.85. The van der Waals surface area contributed by atoms with E-state index in [-0.39, 0.29) is 68.2 Å². The van der Waals surface area contributed by atoms with Crippen molar-refractivity contribution < 1.29 is 43.2 Å². The lowest BCUT2D eigenvalue weighted by Crippen LogP contribution is -2.70. The number of unbranched alkanes of at least 4 members (excludes halogenated alkanes) is 2. The molecule has 0 radical (unpaired) electrons. The number of aliphatic hydroxyl groups is 2. The summed E-state index contributed by atoms with van der Waals surface area (Å²) < 4.78 is 34.4. The van der Waals surface area contributed by atoms with Crippen molar-refractivity contribution in [3.63, 3.8) is 0 Å². The van der Waals surface area contributed by atoms with E-state index in [0.29, 0.717) is 36.6 Å². The van der Waals surface area contributed by atoms with Gasteiger partial charge in [-0.25, -0.2) is 9.18 Å². The lowest BCUT2D eigenvalue weighted by Gasteiger charge is -2.60. The molecule has 0 spiro atoms. The number of oxime groups is 1. The Morgan fingerprint density at radius 3 is 2.44 bits per heavy atom. The van der Waals surface area contributed by atoms with Crippen LogP contribution in [0.3, 0.4) is 0 Å². The molecule has 2 saturated carbocycles. The lowest BCUT2D eigenvalue weighted by molar-refractivity contribution is -0.258. The first-order chi connectivity index (χ1) is 28.8. The van der Waals surface area contributed by atoms with Gasteiger partial charge in [0.1, 0.15) is 30.5 Å². The fraction of sp³-hybridized carbons (Fsp3) is 0.468. The summed E-state index contributed by atoms with van der Waals surface area (Å²) in [6.07, 6.45) is 9.57. The number of ether oxygens (including phenoxy) is 3. The van der Waals surface area contributed by atoms with Gasteiger partial charge in [-0.05, 0) is 97.4 Å². The Morgan fingerprint density at radius 2 is 1.75 bits per heavy atom. The molecule has 3 aromatic carbocycles. The van der Waals surface area contributed by atoms with Crippen molar-refractivity contribution in [2.75, 3.05) is 26.9 Å². The molecular formula is C47H56FN3O8. The Labute approximate surface area is 345 Å². The van der Waals surface area contributed by atoms with E-state index in [9.17, 15) is 24.2 Å². The van der Waals surface area contributed by atoms with E-state index in [0.717, 1.165) is 60.8 Å². The number of amides is 2. The molecular weight excluding hydrogens is 754 g/mol. The van der Waals surface area contributed by atoms with Crippen LogP contribution >= 0.6 is 0 Å². The predicted octanol–water partition coefficient (Wildman–Crippen LogP) is 7.82. The van der Waals surface area contributed by atoms with Gasteiger partial charge in [-0.15, -0.1) is 6.58 Å². The largest absolute Gasteiger partial charge is 0.459 e. The molecule has 3 aliphatic carbocycles. The smallest absolute Gasteiger partial charge is 0.412 e. The van der Waals surface area contributed by atoms with E-state index >= 15 is 0 Å². The average Bonchev–Trinajstić information content (AvgIpc) is 4.10. The van der Waals surface area contributed by atoms with Gasteiger partial charge in [0.25, 0.3) is 0 Å². The molecule has 7 rings (SSSR count). The van der Waals surface area contributed by atoms with Crippen molar-refractivity contribution >= 4 is 17.7 Å². The number of aliphatic hydroxyl groups excluding tert-OH is 2. The van der Waals surface area contributed by atoms with Crippen LogP contribution in [0.5, 0.6) is 11.5 Å². The second-order valence-electron chi connectivity index (χ2n) is 16.1. The van der Waals surface area contributed by atoms with Crippen LogP contribution in [-0.4, -0.2) is 71.6 Å². The molecule has 59 heavy (non-hydrogen) atoms. The zero-order valence-electron chi connectivity index (χ0n) is 33.8. The minimum atomic E-state index is -1.43. The molecule has 0 saturated heterocycles. The number of halogens is 1. The molecule has 314 valence electrons. The number of carbonyl (C=O) groups excluding carboxylic acids is 2. The maximum Gasteiger partial charge on any atom is 0.412 e. The summed E-state index contributed by atoms with van der Waals surface area (Å²) in [5.41, 5.74) is 4.12. The number of fused-ring (bicyclic) bond motifs is 2. The number of rotatable bonds is 19. The summed E-state index contributed by atoms with van der Waals surface area (Å²) >= 11 is 0. The summed E-state index contributed by atoms with van der Waals surface area (Å²) in [4.78, 5) is 35.2. The van der Waals surface area contributed by atoms with Crippen molar-refractivity contribution in [2.24, 2.45) is 28.8 Å². The third-order valence-electron chi connectivity index (χ3n) is 12.2. The first kappa shape index (κ1) is 42.1. The van der Waals surface area contributed by atoms with Crippen molar-refractivity contribution in [2.45, 2.75) is 88.6 Å². The van der Waals surface area contributed by atoms with Crippen molar-refractivity contribution in [3.8, 4) is 11.5 Å². The summed E-state index contributed by atoms with van der Waals surface area (Å²) in [6.45, 7) is 4.77. The van der Waals surface area contributed by atoms with E-state index in [2.05, 4.69) is 23.1 Å². The normalized spacial score (nSPS) is 24.8. The molecule has 2 amide bonds. The third-order valence-corrected chi connectivity index (χ3v) is 12.2. The molecule has 4 aliphatic rings. The Morgan fingerprint density at radius 1 is 1.00 bits per heavy atom. The highest BCUT2D eigenvalue weighted by molar-refractivity contribution is 6.03. The van der Waals surface area contributed by atoms with Gasteiger partial charge in [0.05, 0.1) is 18.2 Å². The van der Waals surface area contributed by atoms with E-state index in [1.54, 1.807) is 24.3 Å². The van der Waals surface area contributed by atoms with Crippen LogP contribution < -0.4 is 14.8 Å². The molecule has 12 heteroatoms. The fourth-order valence-electron chi connectivity index (χ4n) is 9.43. The van der Waals surface area contributed by atoms with Gasteiger partial charge in [-0.1, -0.05) is 72.6 Å². The average molecular weight is 810 g/mol. The third kappa shape index (κ3) is 9.40. The van der Waals surface area contributed by atoms with Gasteiger partial charge in [0, 0.05) is 50.1 Å². The molecule has 3 aromatic rings. The van der Waals surface area contributed by atoms with Crippen LogP contribution in [0, 0.1) is 29.5 Å². The van der Waals surface area contributed by atoms with Gasteiger partial charge >= 0.3 is 6.09 Å². The highest BCUT2D eigenvalue weighted by Gasteiger charge is 2.66. The zero-order valence-corrected chi connectivity index (χ0v) is 33.8. The van der Waals surface area contributed by atoms with E-state index in [1.165, 1.54) is 19.2 Å². The maximum atomic E-state index is 14.6. The van der Waals surface area contributed by atoms with Crippen LogP contribution in [0.15, 0.2) is 102 Å². The standard InChI is InChI=1S/C47H56FN3O8/c1-3-25-57-47-42(51(45(54)33-17-18-33)30-32-15-19-35(48)20-16-32)28-40(50-56-2)38-26-34(13-7-9-23-52)37(14-8-10-24-53)43(44(38)47)39-27-36(21-22-41(39)59-47)58-46(55)49-29-31-11-5-4-6-12-31/h3-6,11-12,15-16,19-22,26-27,33-34,37,42-44,52-53H,1,7-10,13-14,17-18,23-25,28-30H2,2H3,(H,49,55)/t34-,37+,42-,43+,44+,47+/m0/s1. The van der Waals surface area contributed by atoms with Gasteiger partial charge in [-0.3, -0.25) is 4.79 Å². The first-order valence-electron chi connectivity index (χ1n) is 21.0. The maximum absolute atomic E-state index is 14.6. The second kappa shape index (κ2) is 19.4. The molecule has 11 nitrogen and oxygen atoms in total. The molecule has 0 bridgehead atoms. The SMILES string of the molecule is C=CCO[C@@]12Oc3ccc(OC(=O)NCc4ccccc4)cc3[C@H]3[C@H](CCCCO)[C@@H](CCCCO)C=C(C(=NOC)C[C@@H]1N(Cc1ccc(F)cc1)C(=O)C1CC1)[C@H]32. The molecule has 6 atom stereocenters. The quantitative estimate of drug-likeness (QED) is 0.0634. The lowest BCUT2D eigenvalue weighted by atomic mass is 9.55. The minimum Gasteiger partial charge on any atom is -0.459 e. The summed E-state index contributed by atoms with van der Waals surface area (Å²) in [6, 6.07) is 20.5. The summed E-state index contributed by atoms with van der Waals surface area (Å²) in [5, 5.41) is 27.2. The Kier molecular flexibility index (Phi) is 13.8. The van der Waals surface area contributed by atoms with Crippen LogP contribution in [0.25, 0.3) is 0 Å². The van der Waals surface area contributed by atoms with Crippen LogP contribution in [0.1, 0.15) is 80.4 Å². The minimum absolute atomic E-state index is 0.00210. The monoisotopic (exact) mass is 809 g/mol. The Balaban J connectivity index is 1.38. The number of hydrogen-bond donors (Lipinski definition) is 3. The molecule has 2 fully saturated rings. The number of nitrogens with zero attached hydrogens (tertiary/aromatic N) is 2. The van der Waals surface area contributed by atoms with E-state index < -0.39 is 23.8 Å². The van der Waals surface area contributed by atoms with Gasteiger partial charge in [0.2, 0.25) is 11.7 Å². The Hall–Kier alpha value is -5.04. The van der Waals surface area contributed by atoms with Crippen LogP contribution in [-0.2, 0) is 27.5 Å². The molecule has 3 N–H and O–H groups in total. The van der Waals surface area contributed by atoms with Crippen molar-refractivity contribution in [3.05, 3.63) is 120 Å². The topological polar surface area (TPSA) is 139 Å².